The maximum Gasteiger partial charge on any atom is 0.337 e. The van der Waals surface area contributed by atoms with E-state index in [2.05, 4.69) is 26.2 Å². The van der Waals surface area contributed by atoms with Gasteiger partial charge in [0.2, 0.25) is 0 Å². The molecule has 0 spiro atoms. The first-order valence-corrected chi connectivity index (χ1v) is 6.57. The first kappa shape index (κ1) is 13.8. The molecule has 0 aliphatic rings. The van der Waals surface area contributed by atoms with Crippen molar-refractivity contribution in [2.24, 2.45) is 0 Å². The van der Waals surface area contributed by atoms with Crippen LogP contribution in [0.1, 0.15) is 15.9 Å². The molecule has 0 saturated carbocycles. The fourth-order valence-corrected chi connectivity index (χ4v) is 2.10. The van der Waals surface area contributed by atoms with E-state index in [1.807, 2.05) is 25.1 Å². The summed E-state index contributed by atoms with van der Waals surface area (Å²) < 4.78 is 0.963. The third kappa shape index (κ3) is 3.05. The lowest BCUT2D eigenvalue weighted by atomic mass is 10.2. The molecule has 0 aliphatic heterocycles. The molecule has 1 aromatic carbocycles. The fraction of sp³-hybridized carbons (Fsp3) is 0.0769. The number of carbonyl (C=O) groups is 1. The molecular formula is C13H10BrClN2O2. The summed E-state index contributed by atoms with van der Waals surface area (Å²) in [5.41, 5.74) is 1.88. The number of pyridine rings is 1. The van der Waals surface area contributed by atoms with Crippen molar-refractivity contribution in [3.05, 3.63) is 51.1 Å². The van der Waals surface area contributed by atoms with Gasteiger partial charge in [-0.25, -0.2) is 9.78 Å². The summed E-state index contributed by atoms with van der Waals surface area (Å²) in [7, 11) is 0. The Bertz CT molecular complexity index is 647. The number of nitrogens with one attached hydrogen (secondary N) is 1. The van der Waals surface area contributed by atoms with Crippen molar-refractivity contribution in [3.63, 3.8) is 0 Å². The standard InChI is InChI=1S/C13H10BrClN2O2/c1-7-9(14)3-2-4-11(7)17-12-5-8(13(18)19)10(15)6-16-12/h2-6H,1H3,(H,16,17)(H,18,19). The predicted octanol–water partition coefficient (Wildman–Crippen LogP) is 4.25. The molecule has 0 bridgehead atoms. The fourth-order valence-electron chi connectivity index (χ4n) is 1.55. The minimum atomic E-state index is -1.08. The quantitative estimate of drug-likeness (QED) is 0.876. The molecule has 2 rings (SSSR count). The summed E-state index contributed by atoms with van der Waals surface area (Å²) in [6.07, 6.45) is 1.32. The Balaban J connectivity index is 2.36. The van der Waals surface area contributed by atoms with Crippen molar-refractivity contribution in [3.8, 4) is 0 Å². The van der Waals surface area contributed by atoms with Gasteiger partial charge in [-0.3, -0.25) is 0 Å². The number of nitrogens with zero attached hydrogens (tertiary/aromatic N) is 1. The van der Waals surface area contributed by atoms with Crippen LogP contribution >= 0.6 is 27.5 Å². The maximum absolute atomic E-state index is 11.0. The second-order valence-corrected chi connectivity index (χ2v) is 5.15. The van der Waals surface area contributed by atoms with Crippen LogP contribution in [0.25, 0.3) is 0 Å². The Kier molecular flexibility index (Phi) is 4.07. The molecule has 0 atom stereocenters. The normalized spacial score (nSPS) is 10.3. The van der Waals surface area contributed by atoms with Crippen LogP contribution in [0.3, 0.4) is 0 Å². The van der Waals surface area contributed by atoms with Gasteiger partial charge in [-0.1, -0.05) is 33.6 Å². The van der Waals surface area contributed by atoms with E-state index in [0.29, 0.717) is 5.82 Å². The second kappa shape index (κ2) is 5.59. The van der Waals surface area contributed by atoms with Gasteiger partial charge in [-0.2, -0.15) is 0 Å². The largest absolute Gasteiger partial charge is 0.478 e. The molecule has 0 radical (unpaired) electrons. The second-order valence-electron chi connectivity index (χ2n) is 3.89. The molecule has 98 valence electrons. The SMILES string of the molecule is Cc1c(Br)cccc1Nc1cc(C(=O)O)c(Cl)cn1. The number of aromatic carboxylic acids is 1. The van der Waals surface area contributed by atoms with Crippen molar-refractivity contribution < 1.29 is 9.90 Å². The van der Waals surface area contributed by atoms with Gasteiger partial charge in [0.1, 0.15) is 5.82 Å². The van der Waals surface area contributed by atoms with Crippen LogP contribution in [0.4, 0.5) is 11.5 Å². The highest BCUT2D eigenvalue weighted by Crippen LogP contribution is 2.27. The van der Waals surface area contributed by atoms with Gasteiger partial charge < -0.3 is 10.4 Å². The zero-order chi connectivity index (χ0) is 14.0. The van der Waals surface area contributed by atoms with E-state index in [1.54, 1.807) is 0 Å². The highest BCUT2D eigenvalue weighted by Gasteiger charge is 2.11. The lowest BCUT2D eigenvalue weighted by Crippen LogP contribution is -2.02. The molecule has 4 nitrogen and oxygen atoms in total. The Hall–Kier alpha value is -1.59. The molecule has 0 aliphatic carbocycles. The van der Waals surface area contributed by atoms with E-state index < -0.39 is 5.97 Å². The third-order valence-corrected chi connectivity index (χ3v) is 3.78. The molecule has 2 N–H and O–H groups in total. The van der Waals surface area contributed by atoms with Gasteiger partial charge >= 0.3 is 5.97 Å². The monoisotopic (exact) mass is 340 g/mol. The zero-order valence-electron chi connectivity index (χ0n) is 9.95. The van der Waals surface area contributed by atoms with Crippen LogP contribution in [0.2, 0.25) is 5.02 Å². The summed E-state index contributed by atoms with van der Waals surface area (Å²) in [6.45, 7) is 1.94. The molecule has 0 amide bonds. The number of carboxylic acids is 1. The van der Waals surface area contributed by atoms with Crippen LogP contribution in [0, 0.1) is 6.92 Å². The summed E-state index contributed by atoms with van der Waals surface area (Å²) in [5.74, 6) is -0.649. The van der Waals surface area contributed by atoms with Gasteiger partial charge in [0, 0.05) is 16.4 Å². The van der Waals surface area contributed by atoms with Crippen molar-refractivity contribution >= 4 is 45.0 Å². The summed E-state index contributed by atoms with van der Waals surface area (Å²) in [6, 6.07) is 7.10. The van der Waals surface area contributed by atoms with E-state index in [0.717, 1.165) is 15.7 Å². The molecule has 0 fully saturated rings. The summed E-state index contributed by atoms with van der Waals surface area (Å²) in [4.78, 5) is 15.1. The lowest BCUT2D eigenvalue weighted by Gasteiger charge is -2.10. The molecule has 0 unspecified atom stereocenters. The molecule has 2 aromatic rings. The van der Waals surface area contributed by atoms with Crippen LogP contribution in [-0.4, -0.2) is 16.1 Å². The first-order chi connectivity index (χ1) is 8.99. The van der Waals surface area contributed by atoms with E-state index in [1.165, 1.54) is 12.3 Å². The number of benzene rings is 1. The number of rotatable bonds is 3. The molecular weight excluding hydrogens is 332 g/mol. The van der Waals surface area contributed by atoms with E-state index in [9.17, 15) is 4.79 Å². The Morgan fingerprint density at radius 2 is 2.21 bits per heavy atom. The Morgan fingerprint density at radius 1 is 1.47 bits per heavy atom. The number of aromatic nitrogens is 1. The van der Waals surface area contributed by atoms with E-state index in [4.69, 9.17) is 16.7 Å². The number of anilines is 2. The van der Waals surface area contributed by atoms with Crippen LogP contribution in [0.5, 0.6) is 0 Å². The third-order valence-electron chi connectivity index (χ3n) is 2.62. The molecule has 1 aromatic heterocycles. The van der Waals surface area contributed by atoms with Crippen molar-refractivity contribution in [2.45, 2.75) is 6.92 Å². The van der Waals surface area contributed by atoms with Gasteiger partial charge in [0.25, 0.3) is 0 Å². The predicted molar refractivity (Wildman–Crippen MR) is 78.4 cm³/mol. The van der Waals surface area contributed by atoms with Gasteiger partial charge in [-0.15, -0.1) is 0 Å². The van der Waals surface area contributed by atoms with Gasteiger partial charge in [0.05, 0.1) is 10.6 Å². The molecule has 19 heavy (non-hydrogen) atoms. The highest BCUT2D eigenvalue weighted by atomic mass is 79.9. The van der Waals surface area contributed by atoms with Gasteiger partial charge in [0.15, 0.2) is 0 Å². The topological polar surface area (TPSA) is 62.2 Å². The summed E-state index contributed by atoms with van der Waals surface area (Å²) in [5, 5.41) is 12.2. The maximum atomic E-state index is 11.0. The van der Waals surface area contributed by atoms with Crippen LogP contribution < -0.4 is 5.32 Å². The molecule has 0 saturated heterocycles. The van der Waals surface area contributed by atoms with Crippen molar-refractivity contribution in [1.29, 1.82) is 0 Å². The van der Waals surface area contributed by atoms with Crippen LogP contribution in [0.15, 0.2) is 34.9 Å². The molecule has 1 heterocycles. The highest BCUT2D eigenvalue weighted by molar-refractivity contribution is 9.10. The number of hydrogen-bond acceptors (Lipinski definition) is 3. The average Bonchev–Trinajstić information content (AvgIpc) is 2.37. The Morgan fingerprint density at radius 3 is 2.89 bits per heavy atom. The smallest absolute Gasteiger partial charge is 0.337 e. The minimum absolute atomic E-state index is 0.0202. The van der Waals surface area contributed by atoms with Crippen molar-refractivity contribution in [1.82, 2.24) is 4.98 Å². The summed E-state index contributed by atoms with van der Waals surface area (Å²) >= 11 is 9.21. The van der Waals surface area contributed by atoms with Crippen LogP contribution in [-0.2, 0) is 0 Å². The van der Waals surface area contributed by atoms with E-state index >= 15 is 0 Å². The zero-order valence-corrected chi connectivity index (χ0v) is 12.3. The number of halogens is 2. The molecule has 6 heteroatoms. The van der Waals surface area contributed by atoms with E-state index in [-0.39, 0.29) is 10.6 Å². The average molecular weight is 342 g/mol. The lowest BCUT2D eigenvalue weighted by molar-refractivity contribution is 0.0697. The Labute approximate surface area is 123 Å². The minimum Gasteiger partial charge on any atom is -0.478 e. The first-order valence-electron chi connectivity index (χ1n) is 5.40. The van der Waals surface area contributed by atoms with Crippen molar-refractivity contribution in [2.75, 3.05) is 5.32 Å². The number of hydrogen-bond donors (Lipinski definition) is 2. The van der Waals surface area contributed by atoms with Gasteiger partial charge in [-0.05, 0) is 30.7 Å². The number of carboxylic acid groups (broad SMARTS) is 1.